The van der Waals surface area contributed by atoms with Crippen LogP contribution in [0.25, 0.3) is 0 Å². The summed E-state index contributed by atoms with van der Waals surface area (Å²) in [6.07, 6.45) is 1.10. The molecule has 0 radical (unpaired) electrons. The van der Waals surface area contributed by atoms with E-state index in [4.69, 9.17) is 0 Å². The maximum Gasteiger partial charge on any atom is 0.227 e. The van der Waals surface area contributed by atoms with E-state index >= 15 is 0 Å². The van der Waals surface area contributed by atoms with Gasteiger partial charge in [-0.15, -0.1) is 0 Å². The number of amides is 1. The van der Waals surface area contributed by atoms with E-state index in [0.717, 1.165) is 13.0 Å². The summed E-state index contributed by atoms with van der Waals surface area (Å²) in [5.74, 6) is 0.782. The molecule has 2 fully saturated rings. The summed E-state index contributed by atoms with van der Waals surface area (Å²) in [6.45, 7) is 7.40. The lowest BCUT2D eigenvalue weighted by atomic mass is 9.86. The Morgan fingerprint density at radius 2 is 2.18 bits per heavy atom. The molecule has 1 heterocycles. The third-order valence-electron chi connectivity index (χ3n) is 3.65. The van der Waals surface area contributed by atoms with Crippen molar-refractivity contribution in [2.45, 2.75) is 27.2 Å². The van der Waals surface area contributed by atoms with E-state index < -0.39 is 0 Å². The lowest BCUT2D eigenvalue weighted by molar-refractivity contribution is -0.126. The van der Waals surface area contributed by atoms with E-state index in [2.05, 4.69) is 26.1 Å². The summed E-state index contributed by atoms with van der Waals surface area (Å²) in [6, 6.07) is 0. The van der Waals surface area contributed by atoms with E-state index in [1.54, 1.807) is 0 Å². The topological polar surface area (TPSA) is 29.1 Å². The van der Waals surface area contributed by atoms with Gasteiger partial charge in [-0.2, -0.15) is 0 Å². The fourth-order valence-corrected chi connectivity index (χ4v) is 2.74. The SMILES string of the molecule is CC(C)C12CC1(C)CNC2=O. The highest BCUT2D eigenvalue weighted by Crippen LogP contribution is 2.69. The van der Waals surface area contributed by atoms with Crippen LogP contribution in [0, 0.1) is 16.7 Å². The van der Waals surface area contributed by atoms with Gasteiger partial charge in [-0.05, 0) is 12.3 Å². The van der Waals surface area contributed by atoms with Crippen LogP contribution in [0.5, 0.6) is 0 Å². The van der Waals surface area contributed by atoms with Crippen LogP contribution in [0.4, 0.5) is 0 Å². The van der Waals surface area contributed by atoms with Gasteiger partial charge in [-0.1, -0.05) is 20.8 Å². The van der Waals surface area contributed by atoms with E-state index in [-0.39, 0.29) is 16.7 Å². The zero-order valence-corrected chi connectivity index (χ0v) is 7.40. The second-order valence-corrected chi connectivity index (χ2v) is 4.55. The van der Waals surface area contributed by atoms with E-state index in [9.17, 15) is 4.79 Å². The Labute approximate surface area is 67.4 Å². The van der Waals surface area contributed by atoms with E-state index in [1.807, 2.05) is 0 Å². The first-order valence-electron chi connectivity index (χ1n) is 4.31. The molecule has 62 valence electrons. The first-order chi connectivity index (χ1) is 5.03. The monoisotopic (exact) mass is 153 g/mol. The fraction of sp³-hybridized carbons (Fsp3) is 0.889. The molecule has 2 rings (SSSR count). The molecule has 0 aromatic rings. The van der Waals surface area contributed by atoms with Gasteiger partial charge in [0, 0.05) is 12.0 Å². The molecule has 0 bridgehead atoms. The van der Waals surface area contributed by atoms with Crippen molar-refractivity contribution < 1.29 is 4.79 Å². The third-order valence-corrected chi connectivity index (χ3v) is 3.65. The molecule has 2 heteroatoms. The Balaban J connectivity index is 2.34. The molecule has 0 aromatic heterocycles. The highest BCUT2D eigenvalue weighted by Gasteiger charge is 2.73. The highest BCUT2D eigenvalue weighted by atomic mass is 16.2. The van der Waals surface area contributed by atoms with Crippen LogP contribution in [0.3, 0.4) is 0 Å². The van der Waals surface area contributed by atoms with Crippen molar-refractivity contribution in [3.8, 4) is 0 Å². The van der Waals surface area contributed by atoms with E-state index in [1.165, 1.54) is 0 Å². The summed E-state index contributed by atoms with van der Waals surface area (Å²) in [5, 5.41) is 2.94. The molecule has 1 aliphatic carbocycles. The molecule has 1 amide bonds. The van der Waals surface area contributed by atoms with Crippen molar-refractivity contribution in [3.63, 3.8) is 0 Å². The molecule has 0 aromatic carbocycles. The predicted octanol–water partition coefficient (Wildman–Crippen LogP) is 1.17. The fourth-order valence-electron chi connectivity index (χ4n) is 2.74. The number of carbonyl (C=O) groups excluding carboxylic acids is 1. The van der Waals surface area contributed by atoms with Crippen molar-refractivity contribution in [3.05, 3.63) is 0 Å². The molecule has 2 atom stereocenters. The van der Waals surface area contributed by atoms with Gasteiger partial charge in [0.05, 0.1) is 5.41 Å². The summed E-state index contributed by atoms with van der Waals surface area (Å²) in [5.41, 5.74) is 0.297. The van der Waals surface area contributed by atoms with Crippen LogP contribution in [-0.2, 0) is 4.79 Å². The number of hydrogen-bond acceptors (Lipinski definition) is 1. The normalized spacial score (nSPS) is 47.5. The van der Waals surface area contributed by atoms with Crippen LogP contribution in [0.2, 0.25) is 0 Å². The van der Waals surface area contributed by atoms with Crippen LogP contribution >= 0.6 is 0 Å². The Hall–Kier alpha value is -0.530. The second kappa shape index (κ2) is 1.62. The first kappa shape index (κ1) is 7.14. The zero-order valence-electron chi connectivity index (χ0n) is 7.40. The van der Waals surface area contributed by atoms with Crippen LogP contribution in [-0.4, -0.2) is 12.5 Å². The molecular weight excluding hydrogens is 138 g/mol. The predicted molar refractivity (Wildman–Crippen MR) is 43.0 cm³/mol. The smallest absolute Gasteiger partial charge is 0.227 e. The Morgan fingerprint density at radius 3 is 2.36 bits per heavy atom. The van der Waals surface area contributed by atoms with Crippen LogP contribution < -0.4 is 5.32 Å². The molecule has 2 aliphatic rings. The summed E-state index contributed by atoms with van der Waals surface area (Å²) < 4.78 is 0. The zero-order chi connectivity index (χ0) is 8.28. The lowest BCUT2D eigenvalue weighted by Gasteiger charge is -2.15. The van der Waals surface area contributed by atoms with Crippen LogP contribution in [0.1, 0.15) is 27.2 Å². The number of hydrogen-bond donors (Lipinski definition) is 1. The molecule has 2 nitrogen and oxygen atoms in total. The third kappa shape index (κ3) is 0.569. The summed E-state index contributed by atoms with van der Waals surface area (Å²) in [7, 11) is 0. The van der Waals surface area contributed by atoms with Gasteiger partial charge in [0.15, 0.2) is 0 Å². The lowest BCUT2D eigenvalue weighted by Crippen LogP contribution is -2.28. The molecule has 1 saturated heterocycles. The number of nitrogens with one attached hydrogen (secondary N) is 1. The second-order valence-electron chi connectivity index (χ2n) is 4.55. The van der Waals surface area contributed by atoms with E-state index in [0.29, 0.717) is 5.92 Å². The van der Waals surface area contributed by atoms with Gasteiger partial charge in [-0.3, -0.25) is 4.79 Å². The Morgan fingerprint density at radius 1 is 1.55 bits per heavy atom. The molecule has 1 saturated carbocycles. The molecule has 2 unspecified atom stereocenters. The number of rotatable bonds is 1. The van der Waals surface area contributed by atoms with Crippen molar-refractivity contribution >= 4 is 5.91 Å². The molecule has 1 N–H and O–H groups in total. The minimum absolute atomic E-state index is 0.00694. The number of fused-ring (bicyclic) bond motifs is 1. The van der Waals surface area contributed by atoms with Gasteiger partial charge >= 0.3 is 0 Å². The van der Waals surface area contributed by atoms with Crippen molar-refractivity contribution in [2.24, 2.45) is 16.7 Å². The Kier molecular flexibility index (Phi) is 1.05. The van der Waals surface area contributed by atoms with Gasteiger partial charge in [-0.25, -0.2) is 0 Å². The maximum atomic E-state index is 11.5. The molecule has 0 spiro atoms. The van der Waals surface area contributed by atoms with Crippen molar-refractivity contribution in [2.75, 3.05) is 6.54 Å². The average molecular weight is 153 g/mol. The first-order valence-corrected chi connectivity index (χ1v) is 4.31. The molecule has 1 aliphatic heterocycles. The summed E-state index contributed by atoms with van der Waals surface area (Å²) >= 11 is 0. The number of piperidine rings is 1. The minimum Gasteiger partial charge on any atom is -0.355 e. The molecular formula is C9H15NO. The number of carbonyl (C=O) groups is 1. The van der Waals surface area contributed by atoms with Gasteiger partial charge in [0.25, 0.3) is 0 Å². The summed E-state index contributed by atoms with van der Waals surface area (Å²) in [4.78, 5) is 11.5. The van der Waals surface area contributed by atoms with Gasteiger partial charge < -0.3 is 5.32 Å². The van der Waals surface area contributed by atoms with Gasteiger partial charge in [0.1, 0.15) is 0 Å². The maximum absolute atomic E-state index is 11.5. The van der Waals surface area contributed by atoms with Crippen molar-refractivity contribution in [1.82, 2.24) is 5.32 Å². The standard InChI is InChI=1S/C9H15NO/c1-6(2)9-4-8(9,3)5-10-7(9)11/h6H,4-5H2,1-3H3,(H,10,11). The van der Waals surface area contributed by atoms with Crippen molar-refractivity contribution in [1.29, 1.82) is 0 Å². The quantitative estimate of drug-likeness (QED) is 0.602. The Bertz CT molecular complexity index is 224. The highest BCUT2D eigenvalue weighted by molar-refractivity contribution is 5.90. The van der Waals surface area contributed by atoms with Crippen LogP contribution in [0.15, 0.2) is 0 Å². The minimum atomic E-state index is 0.00694. The largest absolute Gasteiger partial charge is 0.355 e. The molecule has 11 heavy (non-hydrogen) atoms. The average Bonchev–Trinajstić information content (AvgIpc) is 2.47. The van der Waals surface area contributed by atoms with Gasteiger partial charge in [0.2, 0.25) is 5.91 Å².